The van der Waals surface area contributed by atoms with E-state index in [9.17, 15) is 13.2 Å². The van der Waals surface area contributed by atoms with Crippen molar-refractivity contribution in [1.82, 2.24) is 0 Å². The van der Waals surface area contributed by atoms with E-state index in [1.54, 1.807) is 0 Å². The first-order chi connectivity index (χ1) is 9.00. The standard InChI is InChI=1S/C13H15F3O3/c14-13(15,16)12(17)7-4-8-18-10-19-9-11-5-2-1-3-6-11/h1-7,12,17H,8-10H2/b7-4+. The molecule has 6 heteroatoms. The molecule has 0 aliphatic heterocycles. The number of hydrogen-bond donors (Lipinski definition) is 1. The van der Waals surface area contributed by atoms with Gasteiger partial charge in [0.1, 0.15) is 6.79 Å². The molecule has 0 radical (unpaired) electrons. The minimum atomic E-state index is -4.64. The van der Waals surface area contributed by atoms with Crippen molar-refractivity contribution < 1.29 is 27.8 Å². The Balaban J connectivity index is 2.07. The molecule has 0 aliphatic carbocycles. The van der Waals surface area contributed by atoms with Crippen molar-refractivity contribution in [3.05, 3.63) is 48.0 Å². The van der Waals surface area contributed by atoms with Gasteiger partial charge in [-0.15, -0.1) is 0 Å². The van der Waals surface area contributed by atoms with Crippen LogP contribution in [0.15, 0.2) is 42.5 Å². The Labute approximate surface area is 109 Å². The molecule has 0 fully saturated rings. The van der Waals surface area contributed by atoms with Crippen LogP contribution in [-0.4, -0.2) is 30.8 Å². The third kappa shape index (κ3) is 6.95. The summed E-state index contributed by atoms with van der Waals surface area (Å²) in [5, 5.41) is 8.64. The average molecular weight is 276 g/mol. The number of rotatable bonds is 7. The van der Waals surface area contributed by atoms with Crippen LogP contribution >= 0.6 is 0 Å². The highest BCUT2D eigenvalue weighted by molar-refractivity contribution is 5.13. The second-order valence-electron chi connectivity index (χ2n) is 3.74. The van der Waals surface area contributed by atoms with Crippen LogP contribution in [0.4, 0.5) is 13.2 Å². The molecule has 0 heterocycles. The van der Waals surface area contributed by atoms with Crippen LogP contribution in [0.5, 0.6) is 0 Å². The summed E-state index contributed by atoms with van der Waals surface area (Å²) in [5.74, 6) is 0. The first-order valence-electron chi connectivity index (χ1n) is 5.61. The maximum absolute atomic E-state index is 11.9. The maximum Gasteiger partial charge on any atom is 0.417 e. The molecule has 0 saturated heterocycles. The molecule has 0 spiro atoms. The number of hydrogen-bond acceptors (Lipinski definition) is 3. The number of ether oxygens (including phenoxy) is 2. The van der Waals surface area contributed by atoms with Gasteiger partial charge < -0.3 is 14.6 Å². The Bertz CT molecular complexity index is 376. The lowest BCUT2D eigenvalue weighted by Crippen LogP contribution is -2.26. The van der Waals surface area contributed by atoms with Gasteiger partial charge in [-0.25, -0.2) is 0 Å². The van der Waals surface area contributed by atoms with E-state index >= 15 is 0 Å². The third-order valence-electron chi connectivity index (χ3n) is 2.15. The van der Waals surface area contributed by atoms with Crippen molar-refractivity contribution in [1.29, 1.82) is 0 Å². The lowest BCUT2D eigenvalue weighted by Gasteiger charge is -2.09. The molecule has 19 heavy (non-hydrogen) atoms. The van der Waals surface area contributed by atoms with Crippen LogP contribution in [0.1, 0.15) is 5.56 Å². The van der Waals surface area contributed by atoms with Crippen LogP contribution in [-0.2, 0) is 16.1 Å². The summed E-state index contributed by atoms with van der Waals surface area (Å²) in [4.78, 5) is 0. The van der Waals surface area contributed by atoms with E-state index in [-0.39, 0.29) is 13.4 Å². The highest BCUT2D eigenvalue weighted by atomic mass is 19.4. The van der Waals surface area contributed by atoms with Crippen molar-refractivity contribution in [2.75, 3.05) is 13.4 Å². The van der Waals surface area contributed by atoms with Gasteiger partial charge >= 0.3 is 6.18 Å². The third-order valence-corrected chi connectivity index (χ3v) is 2.15. The molecule has 106 valence electrons. The summed E-state index contributed by atoms with van der Waals surface area (Å²) in [6.45, 7) is 0.291. The van der Waals surface area contributed by atoms with Crippen LogP contribution in [0.25, 0.3) is 0 Å². The lowest BCUT2D eigenvalue weighted by atomic mass is 10.2. The summed E-state index contributed by atoms with van der Waals surface area (Å²) in [6.07, 6.45) is -5.36. The summed E-state index contributed by atoms with van der Waals surface area (Å²) in [6, 6.07) is 9.41. The van der Waals surface area contributed by atoms with E-state index in [2.05, 4.69) is 0 Å². The van der Waals surface area contributed by atoms with Crippen molar-refractivity contribution in [2.45, 2.75) is 18.9 Å². The number of aliphatic hydroxyl groups is 1. The lowest BCUT2D eigenvalue weighted by molar-refractivity contribution is -0.187. The van der Waals surface area contributed by atoms with E-state index in [1.807, 2.05) is 30.3 Å². The predicted molar refractivity (Wildman–Crippen MR) is 63.3 cm³/mol. The number of halogens is 3. The Morgan fingerprint density at radius 2 is 1.84 bits per heavy atom. The van der Waals surface area contributed by atoms with Gasteiger partial charge in [0.15, 0.2) is 6.10 Å². The van der Waals surface area contributed by atoms with Crippen molar-refractivity contribution >= 4 is 0 Å². The van der Waals surface area contributed by atoms with E-state index < -0.39 is 12.3 Å². The molecule has 0 saturated carbocycles. The van der Waals surface area contributed by atoms with Gasteiger partial charge in [0.05, 0.1) is 13.2 Å². The second-order valence-corrected chi connectivity index (χ2v) is 3.74. The molecule has 1 unspecified atom stereocenters. The molecular weight excluding hydrogens is 261 g/mol. The zero-order valence-corrected chi connectivity index (χ0v) is 10.1. The molecule has 3 nitrogen and oxygen atoms in total. The highest BCUT2D eigenvalue weighted by Crippen LogP contribution is 2.20. The first-order valence-corrected chi connectivity index (χ1v) is 5.61. The zero-order valence-electron chi connectivity index (χ0n) is 10.1. The summed E-state index contributed by atoms with van der Waals surface area (Å²) >= 11 is 0. The highest BCUT2D eigenvalue weighted by Gasteiger charge is 2.35. The molecular formula is C13H15F3O3. The van der Waals surface area contributed by atoms with Gasteiger partial charge in [-0.2, -0.15) is 13.2 Å². The molecule has 0 bridgehead atoms. The average Bonchev–Trinajstić information content (AvgIpc) is 2.37. The number of alkyl halides is 3. The maximum atomic E-state index is 11.9. The van der Waals surface area contributed by atoms with Gasteiger partial charge in [-0.05, 0) is 11.6 Å². The summed E-state index contributed by atoms with van der Waals surface area (Å²) in [5.41, 5.74) is 0.981. The SMILES string of the molecule is OC(/C=C/COCOCc1ccccc1)C(F)(F)F. The fourth-order valence-corrected chi connectivity index (χ4v) is 1.20. The first kappa shape index (κ1) is 15.7. The van der Waals surface area contributed by atoms with Gasteiger partial charge in [0.25, 0.3) is 0 Å². The minimum absolute atomic E-state index is 0.0264. The normalized spacial score (nSPS) is 13.9. The van der Waals surface area contributed by atoms with Crippen LogP contribution in [0, 0.1) is 0 Å². The smallest absolute Gasteiger partial charge is 0.380 e. The molecule has 0 aromatic heterocycles. The Morgan fingerprint density at radius 1 is 1.16 bits per heavy atom. The molecule has 0 aliphatic rings. The van der Waals surface area contributed by atoms with E-state index in [4.69, 9.17) is 14.6 Å². The molecule has 1 rings (SSSR count). The molecule has 0 amide bonds. The fourth-order valence-electron chi connectivity index (χ4n) is 1.20. The number of aliphatic hydroxyl groups excluding tert-OH is 1. The minimum Gasteiger partial charge on any atom is -0.380 e. The van der Waals surface area contributed by atoms with E-state index in [0.29, 0.717) is 12.7 Å². The van der Waals surface area contributed by atoms with E-state index in [0.717, 1.165) is 11.6 Å². The van der Waals surface area contributed by atoms with E-state index in [1.165, 1.54) is 0 Å². The summed E-state index contributed by atoms with van der Waals surface area (Å²) in [7, 11) is 0. The Kier molecular flexibility index (Phi) is 6.55. The molecule has 1 N–H and O–H groups in total. The quantitative estimate of drug-likeness (QED) is 0.473. The van der Waals surface area contributed by atoms with Crippen LogP contribution < -0.4 is 0 Å². The largest absolute Gasteiger partial charge is 0.417 e. The monoisotopic (exact) mass is 276 g/mol. The topological polar surface area (TPSA) is 38.7 Å². The Morgan fingerprint density at radius 3 is 2.47 bits per heavy atom. The second kappa shape index (κ2) is 7.93. The van der Waals surface area contributed by atoms with Crippen molar-refractivity contribution in [3.8, 4) is 0 Å². The van der Waals surface area contributed by atoms with Gasteiger partial charge in [-0.1, -0.05) is 36.4 Å². The van der Waals surface area contributed by atoms with Crippen molar-refractivity contribution in [3.63, 3.8) is 0 Å². The van der Waals surface area contributed by atoms with Gasteiger partial charge in [0, 0.05) is 0 Å². The molecule has 1 aromatic rings. The number of benzene rings is 1. The van der Waals surface area contributed by atoms with Gasteiger partial charge in [-0.3, -0.25) is 0 Å². The predicted octanol–water partition coefficient (Wildman–Crippen LogP) is 2.66. The van der Waals surface area contributed by atoms with Crippen molar-refractivity contribution in [2.24, 2.45) is 0 Å². The van der Waals surface area contributed by atoms with Gasteiger partial charge in [0.2, 0.25) is 0 Å². The Hall–Kier alpha value is -1.37. The van der Waals surface area contributed by atoms with Crippen LogP contribution in [0.2, 0.25) is 0 Å². The zero-order chi connectivity index (χ0) is 14.1. The molecule has 1 aromatic carbocycles. The fraction of sp³-hybridized carbons (Fsp3) is 0.385. The summed E-state index contributed by atoms with van der Waals surface area (Å²) < 4.78 is 45.8. The molecule has 1 atom stereocenters. The van der Waals surface area contributed by atoms with Crippen LogP contribution in [0.3, 0.4) is 0 Å².